The summed E-state index contributed by atoms with van der Waals surface area (Å²) in [5.41, 5.74) is 6.16. The summed E-state index contributed by atoms with van der Waals surface area (Å²) < 4.78 is 20.0. The van der Waals surface area contributed by atoms with Gasteiger partial charge < -0.3 is 10.5 Å². The van der Waals surface area contributed by atoms with Gasteiger partial charge in [0.15, 0.2) is 0 Å². The van der Waals surface area contributed by atoms with E-state index in [0.717, 1.165) is 18.4 Å². The maximum absolute atomic E-state index is 14.0. The van der Waals surface area contributed by atoms with E-state index >= 15 is 0 Å². The second-order valence-corrected chi connectivity index (χ2v) is 6.84. The Labute approximate surface area is 131 Å². The molecule has 22 heavy (non-hydrogen) atoms. The highest BCUT2D eigenvalue weighted by Gasteiger charge is 2.30. The Morgan fingerprint density at radius 1 is 1.27 bits per heavy atom. The first-order chi connectivity index (χ1) is 10.6. The van der Waals surface area contributed by atoms with Gasteiger partial charge in [0, 0.05) is 6.07 Å². The number of amides is 1. The molecule has 0 aliphatic heterocycles. The van der Waals surface area contributed by atoms with E-state index in [2.05, 4.69) is 6.92 Å². The molecule has 0 spiro atoms. The van der Waals surface area contributed by atoms with Gasteiger partial charge in [-0.05, 0) is 48.6 Å². The van der Waals surface area contributed by atoms with Gasteiger partial charge in [-0.3, -0.25) is 4.79 Å². The molecule has 0 heterocycles. The third kappa shape index (κ3) is 3.26. The molecule has 0 saturated heterocycles. The molecule has 2 atom stereocenters. The van der Waals surface area contributed by atoms with Gasteiger partial charge in [0.2, 0.25) is 0 Å². The van der Waals surface area contributed by atoms with Crippen LogP contribution < -0.4 is 10.5 Å². The molecule has 2 N–H and O–H groups in total. The quantitative estimate of drug-likeness (QED) is 0.893. The lowest BCUT2D eigenvalue weighted by atomic mass is 9.81. The molecule has 1 aromatic rings. The van der Waals surface area contributed by atoms with E-state index in [0.29, 0.717) is 30.1 Å². The fourth-order valence-corrected chi connectivity index (χ4v) is 3.44. The molecule has 3 nitrogen and oxygen atoms in total. The topological polar surface area (TPSA) is 52.3 Å². The molecule has 120 valence electrons. The minimum atomic E-state index is -0.716. The molecule has 0 radical (unpaired) electrons. The molecule has 1 amide bonds. The zero-order chi connectivity index (χ0) is 15.7. The van der Waals surface area contributed by atoms with Crippen molar-refractivity contribution >= 4 is 5.91 Å². The summed E-state index contributed by atoms with van der Waals surface area (Å²) in [4.78, 5) is 11.3. The molecule has 1 aromatic carbocycles. The molecule has 0 aromatic heterocycles. The average molecular weight is 305 g/mol. The van der Waals surface area contributed by atoms with Gasteiger partial charge in [0.05, 0.1) is 12.2 Å². The van der Waals surface area contributed by atoms with Crippen LogP contribution in [0.4, 0.5) is 4.39 Å². The molecule has 3 rings (SSSR count). The van der Waals surface area contributed by atoms with Crippen molar-refractivity contribution in [2.24, 2.45) is 17.6 Å². The average Bonchev–Trinajstić information content (AvgIpc) is 3.30. The van der Waals surface area contributed by atoms with E-state index in [1.807, 2.05) is 0 Å². The van der Waals surface area contributed by atoms with Crippen LogP contribution in [0, 0.1) is 17.7 Å². The fraction of sp³-hybridized carbons (Fsp3) is 0.611. The molecule has 4 heteroatoms. The van der Waals surface area contributed by atoms with Crippen LogP contribution in [-0.2, 0) is 0 Å². The number of primary amides is 1. The Bertz CT molecular complexity index is 568. The summed E-state index contributed by atoms with van der Waals surface area (Å²) in [5.74, 6) is 0.892. The molecular weight excluding hydrogens is 281 g/mol. The fourth-order valence-electron chi connectivity index (χ4n) is 3.44. The van der Waals surface area contributed by atoms with Gasteiger partial charge in [0.1, 0.15) is 11.6 Å². The number of rotatable bonds is 5. The Hall–Kier alpha value is -1.58. The van der Waals surface area contributed by atoms with Crippen LogP contribution in [0.15, 0.2) is 12.1 Å². The van der Waals surface area contributed by atoms with E-state index in [-0.39, 0.29) is 5.56 Å². The Kier molecular flexibility index (Phi) is 4.37. The predicted molar refractivity (Wildman–Crippen MR) is 83.5 cm³/mol. The Balaban J connectivity index is 1.77. The normalized spacial score (nSPS) is 25.0. The second kappa shape index (κ2) is 6.27. The molecule has 2 fully saturated rings. The smallest absolute Gasteiger partial charge is 0.251 e. The van der Waals surface area contributed by atoms with Crippen molar-refractivity contribution in [3.8, 4) is 5.75 Å². The molecule has 2 saturated carbocycles. The number of carbonyl (C=O) groups excluding carboxylic acids is 1. The number of carbonyl (C=O) groups is 1. The minimum absolute atomic E-state index is 0.0275. The van der Waals surface area contributed by atoms with Crippen molar-refractivity contribution in [2.75, 3.05) is 6.61 Å². The third-order valence-electron chi connectivity index (χ3n) is 5.12. The van der Waals surface area contributed by atoms with Crippen LogP contribution in [0.2, 0.25) is 0 Å². The molecule has 2 aliphatic rings. The number of halogens is 1. The van der Waals surface area contributed by atoms with Gasteiger partial charge in [-0.25, -0.2) is 4.39 Å². The van der Waals surface area contributed by atoms with Crippen molar-refractivity contribution in [3.05, 3.63) is 29.1 Å². The Morgan fingerprint density at radius 3 is 2.64 bits per heavy atom. The zero-order valence-electron chi connectivity index (χ0n) is 13.1. The largest absolute Gasteiger partial charge is 0.493 e. The van der Waals surface area contributed by atoms with Crippen LogP contribution in [0.1, 0.15) is 67.3 Å². The van der Waals surface area contributed by atoms with Crippen LogP contribution in [0.3, 0.4) is 0 Å². The van der Waals surface area contributed by atoms with E-state index in [9.17, 15) is 9.18 Å². The number of nitrogens with two attached hydrogens (primary N) is 1. The summed E-state index contributed by atoms with van der Waals surface area (Å²) >= 11 is 0. The van der Waals surface area contributed by atoms with E-state index in [1.165, 1.54) is 31.7 Å². The summed E-state index contributed by atoms with van der Waals surface area (Å²) in [7, 11) is 0. The van der Waals surface area contributed by atoms with Crippen LogP contribution in [0.5, 0.6) is 5.75 Å². The lowest BCUT2D eigenvalue weighted by molar-refractivity contribution is 0.0996. The van der Waals surface area contributed by atoms with Gasteiger partial charge in [-0.1, -0.05) is 26.2 Å². The first kappa shape index (κ1) is 15.3. The van der Waals surface area contributed by atoms with Crippen molar-refractivity contribution in [3.63, 3.8) is 0 Å². The maximum Gasteiger partial charge on any atom is 0.251 e. The van der Waals surface area contributed by atoms with Gasteiger partial charge in [-0.2, -0.15) is 0 Å². The minimum Gasteiger partial charge on any atom is -0.493 e. The highest BCUT2D eigenvalue weighted by molar-refractivity contribution is 5.93. The second-order valence-electron chi connectivity index (χ2n) is 6.84. The predicted octanol–water partition coefficient (Wildman–Crippen LogP) is 4.01. The van der Waals surface area contributed by atoms with Gasteiger partial charge >= 0.3 is 0 Å². The third-order valence-corrected chi connectivity index (χ3v) is 5.12. The number of hydrogen-bond donors (Lipinski definition) is 1. The molecule has 0 bridgehead atoms. The van der Waals surface area contributed by atoms with Crippen molar-refractivity contribution < 1.29 is 13.9 Å². The first-order valence-electron chi connectivity index (χ1n) is 8.32. The SMILES string of the molecule is CC1CCCCC1COc1cc(F)c(C(N)=O)cc1C1CC1. The molecule has 2 aliphatic carbocycles. The summed E-state index contributed by atoms with van der Waals surface area (Å²) in [6, 6.07) is 2.94. The van der Waals surface area contributed by atoms with E-state index in [4.69, 9.17) is 10.5 Å². The molecule has 2 unspecified atom stereocenters. The highest BCUT2D eigenvalue weighted by atomic mass is 19.1. The van der Waals surface area contributed by atoms with Gasteiger partial charge in [0.25, 0.3) is 5.91 Å². The summed E-state index contributed by atoms with van der Waals surface area (Å²) in [5, 5.41) is 0. The number of hydrogen-bond acceptors (Lipinski definition) is 2. The Morgan fingerprint density at radius 2 is 2.00 bits per heavy atom. The van der Waals surface area contributed by atoms with Crippen LogP contribution >= 0.6 is 0 Å². The van der Waals surface area contributed by atoms with Gasteiger partial charge in [-0.15, -0.1) is 0 Å². The van der Waals surface area contributed by atoms with Crippen molar-refractivity contribution in [1.82, 2.24) is 0 Å². The van der Waals surface area contributed by atoms with Crippen LogP contribution in [0.25, 0.3) is 0 Å². The summed E-state index contributed by atoms with van der Waals surface area (Å²) in [6.45, 7) is 2.90. The first-order valence-corrected chi connectivity index (χ1v) is 8.32. The summed E-state index contributed by atoms with van der Waals surface area (Å²) in [6.07, 6.45) is 7.12. The van der Waals surface area contributed by atoms with Crippen molar-refractivity contribution in [1.29, 1.82) is 0 Å². The maximum atomic E-state index is 14.0. The number of ether oxygens (including phenoxy) is 1. The lowest BCUT2D eigenvalue weighted by Crippen LogP contribution is -2.23. The number of benzene rings is 1. The molecular formula is C18H24FNO2. The lowest BCUT2D eigenvalue weighted by Gasteiger charge is -2.29. The van der Waals surface area contributed by atoms with Crippen LogP contribution in [-0.4, -0.2) is 12.5 Å². The standard InChI is InChI=1S/C18H24FNO2/c1-11-4-2-3-5-13(11)10-22-17-9-16(19)15(18(20)21)8-14(17)12-6-7-12/h8-9,11-13H,2-7,10H2,1H3,(H2,20,21). The monoisotopic (exact) mass is 305 g/mol. The van der Waals surface area contributed by atoms with E-state index < -0.39 is 11.7 Å². The van der Waals surface area contributed by atoms with Crippen molar-refractivity contribution in [2.45, 2.75) is 51.4 Å². The highest BCUT2D eigenvalue weighted by Crippen LogP contribution is 2.45. The van der Waals surface area contributed by atoms with E-state index in [1.54, 1.807) is 6.07 Å². The zero-order valence-corrected chi connectivity index (χ0v) is 13.1.